The van der Waals surface area contributed by atoms with Crippen molar-refractivity contribution in [2.24, 2.45) is 0 Å². The molecule has 0 N–H and O–H groups in total. The standard InChI is InChI=1S/Cs.2FH.Sb.4H/h;2*1H;;;;;. The molecular weight excluding hydrogens is 293 g/mol. The van der Waals surface area contributed by atoms with E-state index in [1.807, 2.05) is 0 Å². The molecule has 0 atom stereocenters. The van der Waals surface area contributed by atoms with Gasteiger partial charge in [-0.25, -0.2) is 0 Å². The molecule has 0 aromatic carbocycles. The van der Waals surface area contributed by atoms with Crippen molar-refractivity contribution >= 4 is 93.3 Å². The van der Waals surface area contributed by atoms with Crippen molar-refractivity contribution in [3.63, 3.8) is 0 Å². The average molecular weight is 299 g/mol. The fourth-order valence-corrected chi connectivity index (χ4v) is 0. The van der Waals surface area contributed by atoms with Gasteiger partial charge in [-0.1, -0.05) is 0 Å². The Labute approximate surface area is 99.7 Å². The second-order valence-electron chi connectivity index (χ2n) is 0. The third-order valence-electron chi connectivity index (χ3n) is 0. The molecule has 0 fully saturated rings. The number of hydrogen-bond acceptors (Lipinski definition) is 0. The monoisotopic (exact) mass is 298 g/mol. The van der Waals surface area contributed by atoms with Crippen molar-refractivity contribution in [1.29, 1.82) is 0 Å². The summed E-state index contributed by atoms with van der Waals surface area (Å²) >= 11 is 0. The molecule has 0 bridgehead atoms. The summed E-state index contributed by atoms with van der Waals surface area (Å²) in [6, 6.07) is 0. The van der Waals surface area contributed by atoms with Gasteiger partial charge in [-0.15, -0.1) is 0 Å². The summed E-state index contributed by atoms with van der Waals surface area (Å²) in [5, 5.41) is 0. The van der Waals surface area contributed by atoms with Crippen LogP contribution in [0.25, 0.3) is 0 Å². The van der Waals surface area contributed by atoms with Gasteiger partial charge in [-0.3, -0.25) is 9.41 Å². The summed E-state index contributed by atoms with van der Waals surface area (Å²) in [5.74, 6) is 0. The molecule has 4 heavy (non-hydrogen) atoms. The normalized spacial score (nSPS) is 0. The Kier molecular flexibility index (Phi) is 127. The van der Waals surface area contributed by atoms with Crippen LogP contribution in [0.1, 0.15) is 0 Å². The molecule has 0 aliphatic rings. The summed E-state index contributed by atoms with van der Waals surface area (Å²) in [7, 11) is 0. The minimum absolute atomic E-state index is 0. The molecule has 0 rings (SSSR count). The fourth-order valence-electron chi connectivity index (χ4n) is 0. The van der Waals surface area contributed by atoms with Crippen molar-refractivity contribution in [2.75, 3.05) is 0 Å². The quantitative estimate of drug-likeness (QED) is 0.476. The van der Waals surface area contributed by atoms with E-state index < -0.39 is 0 Å². The summed E-state index contributed by atoms with van der Waals surface area (Å²) in [6.45, 7) is 0. The second kappa shape index (κ2) is 17.2. The van der Waals surface area contributed by atoms with Crippen molar-refractivity contribution < 1.29 is 9.41 Å². The molecule has 0 aliphatic heterocycles. The molecule has 0 nitrogen and oxygen atoms in total. The third-order valence-corrected chi connectivity index (χ3v) is 0. The summed E-state index contributed by atoms with van der Waals surface area (Å²) in [6.07, 6.45) is 0. The van der Waals surface area contributed by atoms with Crippen LogP contribution >= 0.6 is 0 Å². The van der Waals surface area contributed by atoms with Crippen molar-refractivity contribution in [2.45, 2.75) is 0 Å². The van der Waals surface area contributed by atoms with Crippen LogP contribution < -0.4 is 0 Å². The van der Waals surface area contributed by atoms with E-state index in [0.717, 1.165) is 0 Å². The van der Waals surface area contributed by atoms with Crippen molar-refractivity contribution in [1.82, 2.24) is 0 Å². The topological polar surface area (TPSA) is 0 Å². The van der Waals surface area contributed by atoms with E-state index in [9.17, 15) is 0 Å². The predicted octanol–water partition coefficient (Wildman–Crippen LogP) is -1.53. The summed E-state index contributed by atoms with van der Waals surface area (Å²) in [5.41, 5.74) is 0. The van der Waals surface area contributed by atoms with Crippen LogP contribution in [-0.4, -0.2) is 93.3 Å². The minimum atomic E-state index is 0. The van der Waals surface area contributed by atoms with Gasteiger partial charge in [0, 0.05) is 0 Å². The number of rotatable bonds is 0. The third kappa shape index (κ3) is 8.83. The van der Waals surface area contributed by atoms with E-state index in [1.165, 1.54) is 0 Å². The predicted molar refractivity (Wildman–Crippen MR) is 22.1 cm³/mol. The Morgan fingerprint density at radius 3 is 0.750 bits per heavy atom. The molecule has 0 heterocycles. The van der Waals surface area contributed by atoms with Crippen molar-refractivity contribution in [3.8, 4) is 0 Å². The first-order chi connectivity index (χ1) is 0. The van der Waals surface area contributed by atoms with Gasteiger partial charge in [0.15, 0.2) is 0 Å². The Morgan fingerprint density at radius 2 is 0.750 bits per heavy atom. The van der Waals surface area contributed by atoms with Crippen LogP contribution in [0.4, 0.5) is 9.41 Å². The molecule has 0 spiro atoms. The molecule has 0 aromatic rings. The zero-order valence-corrected chi connectivity index (χ0v) is 5.56. The Hall–Kier alpha value is 2.73. The first-order valence-electron chi connectivity index (χ1n) is 0. The van der Waals surface area contributed by atoms with Crippen molar-refractivity contribution in [3.05, 3.63) is 0 Å². The van der Waals surface area contributed by atoms with Gasteiger partial charge in [-0.2, -0.15) is 0 Å². The van der Waals surface area contributed by atoms with Crippen LogP contribution in [0.15, 0.2) is 0 Å². The number of hydrogen-bond donors (Lipinski definition) is 0. The van der Waals surface area contributed by atoms with Gasteiger partial charge in [0.25, 0.3) is 0 Å². The van der Waals surface area contributed by atoms with Gasteiger partial charge in [0.1, 0.15) is 0 Å². The first kappa shape index (κ1) is 29.6. The zero-order chi connectivity index (χ0) is 0. The van der Waals surface area contributed by atoms with Gasteiger partial charge in [-0.05, 0) is 0 Å². The van der Waals surface area contributed by atoms with Gasteiger partial charge >= 0.3 is 93.3 Å². The number of halogens is 2. The summed E-state index contributed by atoms with van der Waals surface area (Å²) in [4.78, 5) is 0. The maximum atomic E-state index is 0. The van der Waals surface area contributed by atoms with E-state index in [-0.39, 0.29) is 103 Å². The van der Waals surface area contributed by atoms with E-state index in [4.69, 9.17) is 0 Å². The second-order valence-corrected chi connectivity index (χ2v) is 0. The maximum absolute atomic E-state index is 0. The fraction of sp³-hybridized carbons (Fsp3) is 0. The molecule has 0 saturated heterocycles. The van der Waals surface area contributed by atoms with E-state index in [0.29, 0.717) is 0 Å². The Morgan fingerprint density at radius 1 is 0.750 bits per heavy atom. The van der Waals surface area contributed by atoms with Crippen LogP contribution in [0.5, 0.6) is 0 Å². The van der Waals surface area contributed by atoms with Gasteiger partial charge in [0.2, 0.25) is 0 Å². The molecule has 0 aromatic heterocycles. The summed E-state index contributed by atoms with van der Waals surface area (Å²) < 4.78 is 0. The van der Waals surface area contributed by atoms with Crippen LogP contribution in [0, 0.1) is 0 Å². The van der Waals surface area contributed by atoms with Crippen LogP contribution in [-0.2, 0) is 0 Å². The molecule has 0 aliphatic carbocycles. The van der Waals surface area contributed by atoms with Gasteiger partial charge in [0.05, 0.1) is 0 Å². The molecule has 26 valence electrons. The van der Waals surface area contributed by atoms with Crippen LogP contribution in [0.3, 0.4) is 0 Å². The first-order valence-corrected chi connectivity index (χ1v) is 0. The molecule has 0 saturated carbocycles. The van der Waals surface area contributed by atoms with E-state index in [1.54, 1.807) is 0 Å². The average Bonchev–Trinajstić information content (AvgIpc) is 0. The Bertz CT molecular complexity index is 6.00. The zero-order valence-electron chi connectivity index (χ0n) is 1.52. The molecular formula is H6CsF2Sb. The molecule has 0 radical (unpaired) electrons. The van der Waals surface area contributed by atoms with Gasteiger partial charge < -0.3 is 0 Å². The van der Waals surface area contributed by atoms with Crippen LogP contribution in [0.2, 0.25) is 0 Å². The van der Waals surface area contributed by atoms with E-state index >= 15 is 0 Å². The SMILES string of the molecule is F.F.[CsH].[SbH3]. The van der Waals surface area contributed by atoms with E-state index in [2.05, 4.69) is 0 Å². The Balaban J connectivity index is 0. The molecule has 4 heteroatoms. The molecule has 0 unspecified atom stereocenters. The molecule has 0 amide bonds.